The SMILES string of the molecule is CNC(=O)c1c(-c2ccc(Oc3ccc(C)cc3)cc2)oc2cc3c(cc12)[C@H](C)O[C@H](COC(=O)CN(C)C)CN3S(C)(=O)=O. The number of benzene rings is 3. The van der Waals surface area contributed by atoms with Crippen molar-refractivity contribution in [2.24, 2.45) is 0 Å². The molecular formula is C33H37N3O8S. The van der Waals surface area contributed by atoms with E-state index in [1.807, 2.05) is 31.2 Å². The molecule has 1 aliphatic heterocycles. The molecule has 45 heavy (non-hydrogen) atoms. The third kappa shape index (κ3) is 7.14. The minimum absolute atomic E-state index is 0.0742. The van der Waals surface area contributed by atoms with Gasteiger partial charge in [-0.3, -0.25) is 18.8 Å². The van der Waals surface area contributed by atoms with Crippen LogP contribution >= 0.6 is 0 Å². The van der Waals surface area contributed by atoms with Crippen molar-refractivity contribution in [1.82, 2.24) is 10.2 Å². The van der Waals surface area contributed by atoms with Gasteiger partial charge in [0.05, 0.1) is 36.7 Å². The van der Waals surface area contributed by atoms with E-state index in [1.165, 1.54) is 11.4 Å². The molecule has 1 aromatic heterocycles. The van der Waals surface area contributed by atoms with Crippen LogP contribution in [-0.2, 0) is 24.3 Å². The number of hydrogen-bond acceptors (Lipinski definition) is 9. The van der Waals surface area contributed by atoms with E-state index in [1.54, 1.807) is 62.3 Å². The Hall–Kier alpha value is -4.39. The zero-order valence-corrected chi connectivity index (χ0v) is 26.9. The summed E-state index contributed by atoms with van der Waals surface area (Å²) >= 11 is 0. The van der Waals surface area contributed by atoms with Crippen LogP contribution in [0.15, 0.2) is 65.1 Å². The van der Waals surface area contributed by atoms with Crippen LogP contribution in [0.1, 0.15) is 34.5 Å². The summed E-state index contributed by atoms with van der Waals surface area (Å²) in [6, 6.07) is 18.3. The number of sulfonamides is 1. The van der Waals surface area contributed by atoms with Gasteiger partial charge in [0.15, 0.2) is 0 Å². The number of nitrogens with zero attached hydrogens (tertiary/aromatic N) is 2. The van der Waals surface area contributed by atoms with Crippen molar-refractivity contribution in [2.75, 3.05) is 51.4 Å². The fourth-order valence-electron chi connectivity index (χ4n) is 5.25. The number of likely N-dealkylation sites (N-methyl/N-ethyl adjacent to an activating group) is 1. The minimum Gasteiger partial charge on any atom is -0.462 e. The zero-order valence-electron chi connectivity index (χ0n) is 26.1. The summed E-state index contributed by atoms with van der Waals surface area (Å²) in [5, 5.41) is 3.19. The van der Waals surface area contributed by atoms with Crippen LogP contribution in [0.4, 0.5) is 5.69 Å². The Bertz CT molecular complexity index is 1820. The maximum absolute atomic E-state index is 13.3. The average Bonchev–Trinajstić information content (AvgIpc) is 3.29. The van der Waals surface area contributed by atoms with E-state index in [2.05, 4.69) is 5.32 Å². The van der Waals surface area contributed by atoms with Crippen LogP contribution in [-0.4, -0.2) is 78.4 Å². The smallest absolute Gasteiger partial charge is 0.320 e. The first-order chi connectivity index (χ1) is 21.3. The van der Waals surface area contributed by atoms with Crippen LogP contribution in [0.3, 0.4) is 0 Å². The predicted octanol–water partition coefficient (Wildman–Crippen LogP) is 4.89. The largest absolute Gasteiger partial charge is 0.462 e. The van der Waals surface area contributed by atoms with E-state index in [0.29, 0.717) is 50.6 Å². The molecule has 4 aromatic rings. The van der Waals surface area contributed by atoms with Crippen LogP contribution in [0.25, 0.3) is 22.3 Å². The van der Waals surface area contributed by atoms with Gasteiger partial charge in [-0.25, -0.2) is 8.42 Å². The van der Waals surface area contributed by atoms with Gasteiger partial charge in [-0.2, -0.15) is 0 Å². The lowest BCUT2D eigenvalue weighted by molar-refractivity contribution is -0.149. The fourth-order valence-corrected chi connectivity index (χ4v) is 6.20. The summed E-state index contributed by atoms with van der Waals surface area (Å²) in [6.07, 6.45) is -0.215. The number of carbonyl (C=O) groups is 2. The summed E-state index contributed by atoms with van der Waals surface area (Å²) in [6.45, 7) is 3.68. The van der Waals surface area contributed by atoms with Crippen LogP contribution in [0, 0.1) is 6.92 Å². The van der Waals surface area contributed by atoms with Gasteiger partial charge in [0.2, 0.25) is 10.0 Å². The van der Waals surface area contributed by atoms with Crippen LogP contribution in [0.5, 0.6) is 11.5 Å². The molecule has 12 heteroatoms. The Morgan fingerprint density at radius 1 is 1.04 bits per heavy atom. The number of fused-ring (bicyclic) bond motifs is 2. The third-order valence-corrected chi connectivity index (χ3v) is 8.56. The lowest BCUT2D eigenvalue weighted by Crippen LogP contribution is -2.39. The molecule has 2 atom stereocenters. The van der Waals surface area contributed by atoms with E-state index >= 15 is 0 Å². The summed E-state index contributed by atoms with van der Waals surface area (Å²) in [5.74, 6) is 0.834. The second-order valence-corrected chi connectivity index (χ2v) is 13.3. The van der Waals surface area contributed by atoms with Gasteiger partial charge >= 0.3 is 5.97 Å². The van der Waals surface area contributed by atoms with Gasteiger partial charge in [-0.05, 0) is 70.4 Å². The normalized spacial score (nSPS) is 16.7. The molecule has 0 unspecified atom stereocenters. The highest BCUT2D eigenvalue weighted by Crippen LogP contribution is 2.42. The van der Waals surface area contributed by atoms with E-state index in [-0.39, 0.29) is 25.6 Å². The van der Waals surface area contributed by atoms with E-state index < -0.39 is 28.2 Å². The number of aryl methyl sites for hydroxylation is 1. The summed E-state index contributed by atoms with van der Waals surface area (Å²) < 4.78 is 51.2. The number of ether oxygens (including phenoxy) is 3. The Balaban J connectivity index is 1.52. The van der Waals surface area contributed by atoms with Crippen molar-refractivity contribution < 1.29 is 36.6 Å². The molecule has 0 radical (unpaired) electrons. The lowest BCUT2D eigenvalue weighted by atomic mass is 10.0. The quantitative estimate of drug-likeness (QED) is 0.256. The van der Waals surface area contributed by atoms with Gasteiger partial charge in [0.25, 0.3) is 5.91 Å². The number of amides is 1. The van der Waals surface area contributed by atoms with Gasteiger partial charge < -0.3 is 23.9 Å². The van der Waals surface area contributed by atoms with Crippen molar-refractivity contribution >= 4 is 38.6 Å². The average molecular weight is 636 g/mol. The first-order valence-electron chi connectivity index (χ1n) is 14.4. The molecule has 5 rings (SSSR count). The van der Waals surface area contributed by atoms with Crippen molar-refractivity contribution in [3.8, 4) is 22.8 Å². The fraction of sp³-hybridized carbons (Fsp3) is 0.333. The molecule has 0 bridgehead atoms. The Labute approximate surface area is 262 Å². The van der Waals surface area contributed by atoms with Gasteiger partial charge in [0, 0.05) is 29.6 Å². The molecule has 1 amide bonds. The second kappa shape index (κ2) is 12.9. The van der Waals surface area contributed by atoms with E-state index in [4.69, 9.17) is 18.6 Å². The molecule has 0 spiro atoms. The molecule has 2 heterocycles. The van der Waals surface area contributed by atoms with Crippen molar-refractivity contribution in [1.29, 1.82) is 0 Å². The summed E-state index contributed by atoms with van der Waals surface area (Å²) in [4.78, 5) is 27.1. The second-order valence-electron chi connectivity index (χ2n) is 11.3. The zero-order chi connectivity index (χ0) is 32.5. The van der Waals surface area contributed by atoms with Crippen molar-refractivity contribution in [2.45, 2.75) is 26.1 Å². The third-order valence-electron chi connectivity index (χ3n) is 7.41. The maximum atomic E-state index is 13.3. The van der Waals surface area contributed by atoms with Crippen molar-refractivity contribution in [3.05, 3.63) is 77.4 Å². The van der Waals surface area contributed by atoms with Crippen LogP contribution < -0.4 is 14.4 Å². The molecule has 0 saturated carbocycles. The van der Waals surface area contributed by atoms with Gasteiger partial charge in [-0.15, -0.1) is 0 Å². The molecule has 3 aromatic carbocycles. The number of furan rings is 1. The molecule has 1 N–H and O–H groups in total. The van der Waals surface area contributed by atoms with Gasteiger partial charge in [-0.1, -0.05) is 17.7 Å². The number of esters is 1. The Morgan fingerprint density at radius 2 is 1.69 bits per heavy atom. The van der Waals surface area contributed by atoms with Gasteiger partial charge in [0.1, 0.15) is 35.6 Å². The minimum atomic E-state index is -3.78. The molecule has 0 fully saturated rings. The highest BCUT2D eigenvalue weighted by atomic mass is 32.2. The maximum Gasteiger partial charge on any atom is 0.320 e. The highest BCUT2D eigenvalue weighted by Gasteiger charge is 2.34. The first kappa shape index (κ1) is 32.0. The Kier molecular flexibility index (Phi) is 9.19. The van der Waals surface area contributed by atoms with E-state index in [0.717, 1.165) is 11.8 Å². The molecule has 0 saturated heterocycles. The monoisotopic (exact) mass is 635 g/mol. The van der Waals surface area contributed by atoms with E-state index in [9.17, 15) is 18.0 Å². The molecule has 238 valence electrons. The summed E-state index contributed by atoms with van der Waals surface area (Å²) in [7, 11) is 1.24. The number of nitrogens with one attached hydrogen (secondary N) is 1. The van der Waals surface area contributed by atoms with Crippen LogP contribution in [0.2, 0.25) is 0 Å². The standard InChI is InChI=1S/C33H37N3O8S/c1-20-7-11-23(12-8-20)43-24-13-9-22(10-14-24)32-31(33(38)34-3)27-15-26-21(2)42-25(19-41-30(37)18-35(4)5)17-36(45(6,39)40)28(26)16-29(27)44-32/h7-16,21,25H,17-19H2,1-6H3,(H,34,38)/t21-,25-/m0/s1. The summed E-state index contributed by atoms with van der Waals surface area (Å²) in [5.41, 5.74) is 3.32. The molecular weight excluding hydrogens is 598 g/mol. The molecule has 1 aliphatic rings. The predicted molar refractivity (Wildman–Crippen MR) is 171 cm³/mol. The molecule has 0 aliphatic carbocycles. The Morgan fingerprint density at radius 3 is 2.29 bits per heavy atom. The highest BCUT2D eigenvalue weighted by molar-refractivity contribution is 7.92. The number of anilines is 1. The topological polar surface area (TPSA) is 128 Å². The number of hydrogen-bond donors (Lipinski definition) is 1. The number of carbonyl (C=O) groups excluding carboxylic acids is 2. The lowest BCUT2D eigenvalue weighted by Gasteiger charge is -2.24. The number of rotatable bonds is 9. The molecule has 11 nitrogen and oxygen atoms in total. The first-order valence-corrected chi connectivity index (χ1v) is 16.3. The van der Waals surface area contributed by atoms with Crippen molar-refractivity contribution in [3.63, 3.8) is 0 Å².